The summed E-state index contributed by atoms with van der Waals surface area (Å²) < 4.78 is 20.9. The summed E-state index contributed by atoms with van der Waals surface area (Å²) in [5, 5.41) is 2.34. The minimum atomic E-state index is 0.743. The molecule has 0 bridgehead atoms. The maximum absolute atomic E-state index is 6.75. The molecule has 1 aliphatic heterocycles. The Bertz CT molecular complexity index is 3170. The number of para-hydroxylation sites is 3. The molecule has 7 heteroatoms. The van der Waals surface area contributed by atoms with Crippen LogP contribution in [0.1, 0.15) is 12.0 Å². The summed E-state index contributed by atoms with van der Waals surface area (Å²) in [6.45, 7) is 0.743. The van der Waals surface area contributed by atoms with Crippen LogP contribution in [0.5, 0.6) is 17.2 Å². The fourth-order valence-corrected chi connectivity index (χ4v) is 9.61. The molecule has 0 N–H and O–H groups in total. The molecule has 0 saturated heterocycles. The van der Waals surface area contributed by atoms with Crippen molar-refractivity contribution in [3.63, 3.8) is 0 Å². The second-order valence-electron chi connectivity index (χ2n) is 14.6. The third-order valence-electron chi connectivity index (χ3n) is 11.1. The van der Waals surface area contributed by atoms with E-state index in [1.54, 1.807) is 0 Å². The van der Waals surface area contributed by atoms with E-state index in [1.807, 2.05) is 30.5 Å². The monoisotopic (exact) mass is 931 g/mol. The molecule has 0 radical (unpaired) electrons. The van der Waals surface area contributed by atoms with Gasteiger partial charge in [0.15, 0.2) is 0 Å². The second kappa shape index (κ2) is 14.3. The molecule has 3 aromatic heterocycles. The van der Waals surface area contributed by atoms with Crippen molar-refractivity contribution in [3.8, 4) is 56.7 Å². The zero-order valence-electron chi connectivity index (χ0n) is 31.4. The number of pyridine rings is 1. The standard InChI is InChI=1S/C51H36N4O2.Pt/c1-3-14-35(15-4-1)41-21-12-22-42(36-16-5-2-6-17-36)51(41)54-34-53(45-23-7-8-24-46(45)54)38-19-11-20-39(31-38)57-40-26-27-43-44-30-37-18-13-29-56-49(37)33-48(44)55(47(43)32-40)50-25-9-10-28-52-50;/h1-12,14-17,19-28,30-33H,13,18,29H2;. The van der Waals surface area contributed by atoms with E-state index >= 15 is 0 Å². The average Bonchev–Trinajstić information content (AvgIpc) is 3.76. The maximum atomic E-state index is 6.75. The Morgan fingerprint density at radius 3 is 1.95 bits per heavy atom. The molecule has 0 fully saturated rings. The van der Waals surface area contributed by atoms with Gasteiger partial charge in [0.1, 0.15) is 5.75 Å². The Hall–Kier alpha value is -6.75. The zero-order chi connectivity index (χ0) is 38.6. The van der Waals surface area contributed by atoms with Crippen molar-refractivity contribution in [2.75, 3.05) is 6.61 Å². The number of rotatable bonds is 7. The Labute approximate surface area is 346 Å². The van der Waals surface area contributed by atoms with Gasteiger partial charge in [0.25, 0.3) is 0 Å². The van der Waals surface area contributed by atoms with Crippen LogP contribution < -0.4 is 9.47 Å². The molecule has 7 aromatic carbocycles. The molecule has 1 aliphatic rings. The van der Waals surface area contributed by atoms with Crippen molar-refractivity contribution in [3.05, 3.63) is 191 Å². The van der Waals surface area contributed by atoms with E-state index in [2.05, 4.69) is 185 Å². The zero-order valence-corrected chi connectivity index (χ0v) is 33.6. The van der Waals surface area contributed by atoms with Gasteiger partial charge in [0.2, 0.25) is 0 Å². The summed E-state index contributed by atoms with van der Waals surface area (Å²) in [6, 6.07) is 61.9. The van der Waals surface area contributed by atoms with Crippen molar-refractivity contribution in [1.29, 1.82) is 0 Å². The molecule has 11 rings (SSSR count). The summed E-state index contributed by atoms with van der Waals surface area (Å²) in [4.78, 5) is 4.77. The van der Waals surface area contributed by atoms with E-state index in [0.717, 1.165) is 107 Å². The van der Waals surface area contributed by atoms with Crippen LogP contribution in [0.15, 0.2) is 182 Å². The molecular formula is C51H36N4O2Pt. The molecule has 0 spiro atoms. The van der Waals surface area contributed by atoms with Crippen molar-refractivity contribution in [2.24, 2.45) is 0 Å². The molecule has 10 aromatic rings. The Morgan fingerprint density at radius 2 is 1.21 bits per heavy atom. The van der Waals surface area contributed by atoms with Crippen LogP contribution in [0.3, 0.4) is 0 Å². The quantitative estimate of drug-likeness (QED) is 0.160. The molecule has 0 unspecified atom stereocenters. The summed E-state index contributed by atoms with van der Waals surface area (Å²) in [6.07, 6.45) is 3.89. The fraction of sp³-hybridized carbons (Fsp3) is 0.0588. The van der Waals surface area contributed by atoms with Crippen LogP contribution in [0.2, 0.25) is 0 Å². The van der Waals surface area contributed by atoms with E-state index in [-0.39, 0.29) is 0 Å². The first kappa shape index (κ1) is 34.5. The second-order valence-corrected chi connectivity index (χ2v) is 15.6. The van der Waals surface area contributed by atoms with Gasteiger partial charge in [-0.15, -0.1) is 0 Å². The predicted molar refractivity (Wildman–Crippen MR) is 229 cm³/mol. The third kappa shape index (κ3) is 5.83. The van der Waals surface area contributed by atoms with Gasteiger partial charge < -0.3 is 4.74 Å². The molecule has 58 heavy (non-hydrogen) atoms. The Morgan fingerprint density at radius 1 is 0.534 bits per heavy atom. The number of ether oxygens (including phenoxy) is 2. The summed E-state index contributed by atoms with van der Waals surface area (Å²) >= 11 is 2.49. The van der Waals surface area contributed by atoms with Gasteiger partial charge in [0.05, 0.1) is 6.61 Å². The SMILES string of the molecule is [Pt]=[c]1n(-c2cccc(Oc3ccc4c5cc6c(cc5n(-c5ccccn5)c4c3)OCCC6)c2)c2ccccc2n1-c1c(-c2ccccc2)cccc1-c1ccccc1. The number of fused-ring (bicyclic) bond motifs is 5. The molecular weight excluding hydrogens is 896 g/mol. The van der Waals surface area contributed by atoms with E-state index < -0.39 is 0 Å². The van der Waals surface area contributed by atoms with Crippen molar-refractivity contribution >= 4 is 32.8 Å². The van der Waals surface area contributed by atoms with E-state index in [4.69, 9.17) is 14.5 Å². The third-order valence-corrected chi connectivity index (χ3v) is 12.1. The topological polar surface area (TPSA) is 46.1 Å². The number of aromatic nitrogens is 4. The van der Waals surface area contributed by atoms with Gasteiger partial charge in [-0.3, -0.25) is 0 Å². The summed E-state index contributed by atoms with van der Waals surface area (Å²) in [5.74, 6) is 3.30. The first-order valence-corrected chi connectivity index (χ1v) is 20.7. The van der Waals surface area contributed by atoms with Crippen molar-refractivity contribution in [2.45, 2.75) is 12.8 Å². The molecule has 0 saturated carbocycles. The molecule has 0 amide bonds. The van der Waals surface area contributed by atoms with E-state index in [1.165, 1.54) is 10.9 Å². The van der Waals surface area contributed by atoms with Crippen LogP contribution in [0.25, 0.3) is 72.3 Å². The van der Waals surface area contributed by atoms with Crippen LogP contribution in [-0.4, -0.2) is 25.3 Å². The molecule has 0 atom stereocenters. The van der Waals surface area contributed by atoms with E-state index in [0.29, 0.717) is 0 Å². The number of aryl methyl sites for hydroxylation is 1. The van der Waals surface area contributed by atoms with E-state index in [9.17, 15) is 0 Å². The fourth-order valence-electron chi connectivity index (χ4n) is 8.52. The normalized spacial score (nSPS) is 12.5. The van der Waals surface area contributed by atoms with Crippen LogP contribution in [0, 0.1) is 3.80 Å². The predicted octanol–water partition coefficient (Wildman–Crippen LogP) is 12.4. The van der Waals surface area contributed by atoms with Crippen LogP contribution >= 0.6 is 0 Å². The number of nitrogens with zero attached hydrogens (tertiary/aromatic N) is 4. The first-order valence-electron chi connectivity index (χ1n) is 19.6. The number of imidazole rings is 1. The van der Waals surface area contributed by atoms with Gasteiger partial charge >= 0.3 is 294 Å². The number of benzene rings is 7. The molecule has 0 aliphatic carbocycles. The first-order chi connectivity index (χ1) is 28.7. The summed E-state index contributed by atoms with van der Waals surface area (Å²) in [5.41, 5.74) is 12.4. The van der Waals surface area contributed by atoms with Crippen LogP contribution in [-0.2, 0) is 25.8 Å². The molecule has 4 heterocycles. The van der Waals surface area contributed by atoms with Gasteiger partial charge in [-0.25, -0.2) is 0 Å². The van der Waals surface area contributed by atoms with Gasteiger partial charge in [-0.1, -0.05) is 6.07 Å². The number of hydrogen-bond acceptors (Lipinski definition) is 3. The summed E-state index contributed by atoms with van der Waals surface area (Å²) in [7, 11) is 0. The van der Waals surface area contributed by atoms with Gasteiger partial charge in [-0.2, -0.15) is 0 Å². The Balaban J connectivity index is 1.05. The van der Waals surface area contributed by atoms with Crippen molar-refractivity contribution < 1.29 is 28.8 Å². The van der Waals surface area contributed by atoms with Crippen molar-refractivity contribution in [1.82, 2.24) is 18.7 Å². The minimum absolute atomic E-state index is 0.743. The number of hydrogen-bond donors (Lipinski definition) is 0. The van der Waals surface area contributed by atoms with Gasteiger partial charge in [0, 0.05) is 6.20 Å². The van der Waals surface area contributed by atoms with Crippen LogP contribution in [0.4, 0.5) is 0 Å². The molecule has 6 nitrogen and oxygen atoms in total. The van der Waals surface area contributed by atoms with Gasteiger partial charge in [-0.05, 0) is 24.5 Å². The average molecular weight is 932 g/mol. The Kier molecular flexibility index (Phi) is 8.52. The molecule has 282 valence electrons.